The first kappa shape index (κ1) is 14.8. The highest BCUT2D eigenvalue weighted by Gasteiger charge is 2.21. The molecule has 0 spiro atoms. The van der Waals surface area contributed by atoms with Crippen molar-refractivity contribution in [2.45, 2.75) is 44.8 Å². The molecule has 0 aliphatic carbocycles. The molecular weight excluding hydrogens is 306 g/mol. The summed E-state index contributed by atoms with van der Waals surface area (Å²) in [6, 6.07) is 6.27. The van der Waals surface area contributed by atoms with Crippen LogP contribution in [0.5, 0.6) is 0 Å². The van der Waals surface area contributed by atoms with E-state index in [4.69, 9.17) is 0 Å². The minimum absolute atomic E-state index is 0.204. The Morgan fingerprint density at radius 2 is 2.16 bits per heavy atom. The van der Waals surface area contributed by atoms with E-state index in [1.807, 2.05) is 12.1 Å². The molecule has 0 amide bonds. The summed E-state index contributed by atoms with van der Waals surface area (Å²) >= 11 is 3.53. The molecule has 0 saturated carbocycles. The van der Waals surface area contributed by atoms with E-state index < -0.39 is 6.10 Å². The van der Waals surface area contributed by atoms with Crippen molar-refractivity contribution in [2.24, 2.45) is 0 Å². The molecule has 1 aliphatic rings. The minimum Gasteiger partial charge on any atom is -0.394 e. The number of hydrogen-bond donors (Lipinski definition) is 2. The number of nitrogens with zero attached hydrogens (tertiary/aromatic N) is 1. The van der Waals surface area contributed by atoms with E-state index in [0.29, 0.717) is 0 Å². The van der Waals surface area contributed by atoms with Gasteiger partial charge in [-0.3, -0.25) is 0 Å². The number of hydrogen-bond acceptors (Lipinski definition) is 3. The first-order valence-electron chi connectivity index (χ1n) is 6.98. The molecule has 2 rings (SSSR count). The third-order valence-corrected chi connectivity index (χ3v) is 4.54. The van der Waals surface area contributed by atoms with Gasteiger partial charge in [-0.2, -0.15) is 0 Å². The van der Waals surface area contributed by atoms with Crippen LogP contribution in [0.2, 0.25) is 0 Å². The van der Waals surface area contributed by atoms with Crippen LogP contribution in [0.4, 0.5) is 5.69 Å². The Hall–Kier alpha value is -0.580. The van der Waals surface area contributed by atoms with Crippen LogP contribution in [0.25, 0.3) is 0 Å². The molecule has 3 nitrogen and oxygen atoms in total. The van der Waals surface area contributed by atoms with Crippen LogP contribution >= 0.6 is 15.9 Å². The predicted molar refractivity (Wildman–Crippen MR) is 81.5 cm³/mol. The van der Waals surface area contributed by atoms with E-state index >= 15 is 0 Å². The van der Waals surface area contributed by atoms with Crippen LogP contribution in [-0.2, 0) is 0 Å². The fraction of sp³-hybridized carbons (Fsp3) is 0.600. The molecule has 2 atom stereocenters. The van der Waals surface area contributed by atoms with Gasteiger partial charge in [-0.05, 0) is 37.5 Å². The van der Waals surface area contributed by atoms with Crippen LogP contribution in [0.3, 0.4) is 0 Å². The summed E-state index contributed by atoms with van der Waals surface area (Å²) in [5.41, 5.74) is 2.02. The van der Waals surface area contributed by atoms with Gasteiger partial charge in [0.15, 0.2) is 0 Å². The van der Waals surface area contributed by atoms with Gasteiger partial charge < -0.3 is 15.1 Å². The number of rotatable bonds is 3. The summed E-state index contributed by atoms with van der Waals surface area (Å²) in [6.07, 6.45) is 4.17. The third kappa shape index (κ3) is 3.50. The van der Waals surface area contributed by atoms with E-state index in [1.165, 1.54) is 19.3 Å². The van der Waals surface area contributed by atoms with Gasteiger partial charge in [-0.25, -0.2) is 0 Å². The first-order chi connectivity index (χ1) is 9.13. The van der Waals surface area contributed by atoms with E-state index in [1.54, 1.807) is 6.92 Å². The van der Waals surface area contributed by atoms with Crippen molar-refractivity contribution < 1.29 is 10.2 Å². The zero-order valence-electron chi connectivity index (χ0n) is 11.3. The highest BCUT2D eigenvalue weighted by atomic mass is 79.9. The Morgan fingerprint density at radius 1 is 1.37 bits per heavy atom. The van der Waals surface area contributed by atoms with Gasteiger partial charge >= 0.3 is 0 Å². The van der Waals surface area contributed by atoms with Crippen molar-refractivity contribution in [3.8, 4) is 0 Å². The second kappa shape index (κ2) is 6.73. The molecule has 2 unspecified atom stereocenters. The van der Waals surface area contributed by atoms with E-state index in [9.17, 15) is 10.2 Å². The third-order valence-electron chi connectivity index (χ3n) is 3.85. The van der Waals surface area contributed by atoms with Crippen LogP contribution in [0.15, 0.2) is 22.7 Å². The summed E-state index contributed by atoms with van der Waals surface area (Å²) < 4.78 is 0.931. The minimum atomic E-state index is -0.471. The second-order valence-electron chi connectivity index (χ2n) is 5.26. The summed E-state index contributed by atoms with van der Waals surface area (Å²) in [5, 5.41) is 19.2. The lowest BCUT2D eigenvalue weighted by Gasteiger charge is -2.31. The summed E-state index contributed by atoms with van der Waals surface area (Å²) in [6.45, 7) is 2.96. The Balaban J connectivity index is 2.26. The normalized spacial score (nSPS) is 22.1. The molecule has 0 radical (unpaired) electrons. The maximum atomic E-state index is 9.67. The van der Waals surface area contributed by atoms with Crippen molar-refractivity contribution in [3.05, 3.63) is 28.2 Å². The fourth-order valence-electron chi connectivity index (χ4n) is 2.74. The number of aliphatic hydroxyl groups excluding tert-OH is 2. The van der Waals surface area contributed by atoms with Gasteiger partial charge in [0.25, 0.3) is 0 Å². The van der Waals surface area contributed by atoms with Crippen LogP contribution in [-0.4, -0.2) is 29.4 Å². The maximum Gasteiger partial charge on any atom is 0.0772 e. The Kier molecular flexibility index (Phi) is 5.25. The lowest BCUT2D eigenvalue weighted by atomic mass is 10.1. The molecule has 2 N–H and O–H groups in total. The molecule has 1 aromatic rings. The standard InChI is InChI=1S/C15H22BrNO2/c1-11(19)14-7-6-12(9-15(14)16)17-8-4-2-3-5-13(17)10-18/h6-7,9,11,13,18-19H,2-5,8,10H2,1H3. The molecule has 19 heavy (non-hydrogen) atoms. The molecule has 0 aromatic heterocycles. The Morgan fingerprint density at radius 3 is 2.79 bits per heavy atom. The number of aliphatic hydroxyl groups is 2. The lowest BCUT2D eigenvalue weighted by Crippen LogP contribution is -2.37. The van der Waals surface area contributed by atoms with Gasteiger partial charge in [-0.1, -0.05) is 34.8 Å². The van der Waals surface area contributed by atoms with Crippen molar-refractivity contribution in [3.63, 3.8) is 0 Å². The van der Waals surface area contributed by atoms with Gasteiger partial charge in [0.1, 0.15) is 0 Å². The molecular formula is C15H22BrNO2. The van der Waals surface area contributed by atoms with E-state index in [0.717, 1.165) is 28.7 Å². The van der Waals surface area contributed by atoms with Crippen molar-refractivity contribution in [1.82, 2.24) is 0 Å². The molecule has 0 bridgehead atoms. The predicted octanol–water partition coefficient (Wildman–Crippen LogP) is 3.24. The fourth-order valence-corrected chi connectivity index (χ4v) is 3.44. The van der Waals surface area contributed by atoms with Gasteiger partial charge in [0.05, 0.1) is 18.8 Å². The topological polar surface area (TPSA) is 43.7 Å². The maximum absolute atomic E-state index is 9.67. The smallest absolute Gasteiger partial charge is 0.0772 e. The van der Waals surface area contributed by atoms with E-state index in [2.05, 4.69) is 26.9 Å². The van der Waals surface area contributed by atoms with Crippen molar-refractivity contribution >= 4 is 21.6 Å². The number of halogens is 1. The highest BCUT2D eigenvalue weighted by Crippen LogP contribution is 2.31. The van der Waals surface area contributed by atoms with Gasteiger partial charge in [0, 0.05) is 16.7 Å². The zero-order chi connectivity index (χ0) is 13.8. The quantitative estimate of drug-likeness (QED) is 0.895. The van der Waals surface area contributed by atoms with Crippen molar-refractivity contribution in [2.75, 3.05) is 18.1 Å². The summed E-state index contributed by atoms with van der Waals surface area (Å²) in [4.78, 5) is 2.30. The average Bonchev–Trinajstić information content (AvgIpc) is 2.63. The zero-order valence-corrected chi connectivity index (χ0v) is 12.9. The second-order valence-corrected chi connectivity index (χ2v) is 6.12. The van der Waals surface area contributed by atoms with E-state index in [-0.39, 0.29) is 12.6 Å². The molecule has 106 valence electrons. The SMILES string of the molecule is CC(O)c1ccc(N2CCCCCC2CO)cc1Br. The molecule has 4 heteroatoms. The Labute approximate surface area is 123 Å². The molecule has 1 aromatic carbocycles. The Bertz CT molecular complexity index is 423. The monoisotopic (exact) mass is 327 g/mol. The van der Waals surface area contributed by atoms with Gasteiger partial charge in [0.2, 0.25) is 0 Å². The van der Waals surface area contributed by atoms with Crippen LogP contribution < -0.4 is 4.90 Å². The highest BCUT2D eigenvalue weighted by molar-refractivity contribution is 9.10. The van der Waals surface area contributed by atoms with Crippen LogP contribution in [0, 0.1) is 0 Å². The number of anilines is 1. The van der Waals surface area contributed by atoms with Gasteiger partial charge in [-0.15, -0.1) is 0 Å². The molecule has 1 fully saturated rings. The van der Waals surface area contributed by atoms with Crippen molar-refractivity contribution in [1.29, 1.82) is 0 Å². The molecule has 1 heterocycles. The first-order valence-corrected chi connectivity index (χ1v) is 7.77. The summed E-state index contributed by atoms with van der Waals surface area (Å²) in [5.74, 6) is 0. The molecule has 1 saturated heterocycles. The lowest BCUT2D eigenvalue weighted by molar-refractivity contribution is 0.198. The number of benzene rings is 1. The largest absolute Gasteiger partial charge is 0.394 e. The summed E-state index contributed by atoms with van der Waals surface area (Å²) in [7, 11) is 0. The van der Waals surface area contributed by atoms with Crippen LogP contribution in [0.1, 0.15) is 44.3 Å². The molecule has 1 aliphatic heterocycles. The average molecular weight is 328 g/mol.